The molecule has 1 heterocycles. The molecule has 8 heteroatoms. The van der Waals surface area contributed by atoms with Crippen molar-refractivity contribution < 1.29 is 27.8 Å². The molecule has 0 saturated carbocycles. The summed E-state index contributed by atoms with van der Waals surface area (Å²) in [5.41, 5.74) is -0.944. The largest absolute Gasteiger partial charge is 0.416 e. The Balaban J connectivity index is 1.93. The third kappa shape index (κ3) is 5.19. The van der Waals surface area contributed by atoms with Gasteiger partial charge in [-0.3, -0.25) is 9.69 Å². The highest BCUT2D eigenvalue weighted by molar-refractivity contribution is 5.92. The van der Waals surface area contributed by atoms with Crippen LogP contribution in [0.4, 0.5) is 18.9 Å². The van der Waals surface area contributed by atoms with Gasteiger partial charge in [-0.15, -0.1) is 0 Å². The first kappa shape index (κ1) is 18.7. The van der Waals surface area contributed by atoms with Gasteiger partial charge >= 0.3 is 6.18 Å². The minimum atomic E-state index is -4.40. The number of aliphatic hydroxyl groups excluding tert-OH is 1. The zero-order valence-corrected chi connectivity index (χ0v) is 13.6. The van der Waals surface area contributed by atoms with E-state index in [-0.39, 0.29) is 25.2 Å². The molecule has 1 fully saturated rings. The smallest absolute Gasteiger partial charge is 0.394 e. The van der Waals surface area contributed by atoms with Crippen molar-refractivity contribution in [3.63, 3.8) is 0 Å². The predicted octanol–water partition coefficient (Wildman–Crippen LogP) is 2.12. The number of morpholine rings is 1. The zero-order chi connectivity index (χ0) is 18.0. The number of nitrogens with one attached hydrogen (secondary N) is 1. The average Bonchev–Trinajstić information content (AvgIpc) is 2.44. The molecule has 1 amide bonds. The number of halogens is 3. The van der Waals surface area contributed by atoms with Crippen LogP contribution in [0.15, 0.2) is 24.3 Å². The fourth-order valence-electron chi connectivity index (χ4n) is 2.78. The first-order valence-electron chi connectivity index (χ1n) is 7.57. The van der Waals surface area contributed by atoms with E-state index in [0.717, 1.165) is 12.1 Å². The lowest BCUT2D eigenvalue weighted by atomic mass is 10.1. The van der Waals surface area contributed by atoms with E-state index in [1.54, 1.807) is 0 Å². The van der Waals surface area contributed by atoms with Crippen LogP contribution in [0.1, 0.15) is 19.4 Å². The van der Waals surface area contributed by atoms with Crippen molar-refractivity contribution in [2.75, 3.05) is 31.6 Å². The third-order valence-corrected chi connectivity index (χ3v) is 3.62. The third-order valence-electron chi connectivity index (χ3n) is 3.62. The molecule has 0 bridgehead atoms. The molecule has 2 N–H and O–H groups in total. The number of ether oxygens (including phenoxy) is 1. The molecule has 0 radical (unpaired) electrons. The Labute approximate surface area is 138 Å². The summed E-state index contributed by atoms with van der Waals surface area (Å²) in [6.07, 6.45) is -4.77. The minimum Gasteiger partial charge on any atom is -0.394 e. The van der Waals surface area contributed by atoms with Crippen molar-refractivity contribution in [1.29, 1.82) is 0 Å². The molecule has 0 spiro atoms. The van der Waals surface area contributed by atoms with E-state index >= 15 is 0 Å². The normalized spacial score (nSPS) is 21.5. The van der Waals surface area contributed by atoms with Crippen LogP contribution in [0.25, 0.3) is 0 Å². The summed E-state index contributed by atoms with van der Waals surface area (Å²) < 4.78 is 43.2. The van der Waals surface area contributed by atoms with E-state index in [0.29, 0.717) is 18.8 Å². The predicted molar refractivity (Wildman–Crippen MR) is 82.6 cm³/mol. The molecule has 24 heavy (non-hydrogen) atoms. The summed E-state index contributed by atoms with van der Waals surface area (Å²) in [7, 11) is 0. The summed E-state index contributed by atoms with van der Waals surface area (Å²) in [5, 5.41) is 11.8. The summed E-state index contributed by atoms with van der Waals surface area (Å²) in [5.74, 6) is -0.329. The van der Waals surface area contributed by atoms with Crippen molar-refractivity contribution in [3.05, 3.63) is 29.8 Å². The molecule has 1 atom stereocenters. The van der Waals surface area contributed by atoms with E-state index < -0.39 is 17.3 Å². The number of hydrogen-bond acceptors (Lipinski definition) is 4. The Bertz CT molecular complexity index is 573. The van der Waals surface area contributed by atoms with Crippen LogP contribution in [0.5, 0.6) is 0 Å². The highest BCUT2D eigenvalue weighted by atomic mass is 19.4. The van der Waals surface area contributed by atoms with Crippen molar-refractivity contribution >= 4 is 11.6 Å². The number of alkyl halides is 3. The van der Waals surface area contributed by atoms with Gasteiger partial charge in [0.1, 0.15) is 0 Å². The van der Waals surface area contributed by atoms with Gasteiger partial charge in [0.05, 0.1) is 30.4 Å². The highest BCUT2D eigenvalue weighted by Gasteiger charge is 2.34. The first-order valence-corrected chi connectivity index (χ1v) is 7.57. The van der Waals surface area contributed by atoms with E-state index in [1.807, 2.05) is 18.7 Å². The van der Waals surface area contributed by atoms with Gasteiger partial charge in [-0.1, -0.05) is 0 Å². The van der Waals surface area contributed by atoms with Gasteiger partial charge in [-0.2, -0.15) is 13.2 Å². The summed E-state index contributed by atoms with van der Waals surface area (Å²) in [4.78, 5) is 13.9. The molecule has 0 aromatic heterocycles. The van der Waals surface area contributed by atoms with Crippen LogP contribution in [0, 0.1) is 0 Å². The molecule has 134 valence electrons. The zero-order valence-electron chi connectivity index (χ0n) is 13.6. The first-order chi connectivity index (χ1) is 11.1. The van der Waals surface area contributed by atoms with Gasteiger partial charge in [0, 0.05) is 18.8 Å². The molecule has 2 rings (SSSR count). The van der Waals surface area contributed by atoms with E-state index in [4.69, 9.17) is 4.74 Å². The number of carbonyl (C=O) groups is 1. The van der Waals surface area contributed by atoms with Crippen LogP contribution in [-0.4, -0.2) is 53.9 Å². The standard InChI is InChI=1S/C16H21F3N2O3/c1-15(2)10-21(7-13(9-22)24-15)8-14(23)20-12-5-3-11(4-6-12)16(17,18)19/h3-6,13,22H,7-10H2,1-2H3,(H,20,23). The highest BCUT2D eigenvalue weighted by Crippen LogP contribution is 2.29. The molecule has 5 nitrogen and oxygen atoms in total. The SMILES string of the molecule is CC1(C)CN(CC(=O)Nc2ccc(C(F)(F)F)cc2)CC(CO)O1. The van der Waals surface area contributed by atoms with Gasteiger partial charge in [0.25, 0.3) is 0 Å². The Morgan fingerprint density at radius 1 is 1.38 bits per heavy atom. The topological polar surface area (TPSA) is 61.8 Å². The lowest BCUT2D eigenvalue weighted by Gasteiger charge is -2.41. The second-order valence-electron chi connectivity index (χ2n) is 6.48. The van der Waals surface area contributed by atoms with Crippen LogP contribution in [0.3, 0.4) is 0 Å². The number of aliphatic hydroxyl groups is 1. The number of benzene rings is 1. The van der Waals surface area contributed by atoms with Crippen LogP contribution in [-0.2, 0) is 15.7 Å². The number of nitrogens with zero attached hydrogens (tertiary/aromatic N) is 1. The Hall–Kier alpha value is -1.64. The fraction of sp³-hybridized carbons (Fsp3) is 0.562. The molecule has 1 aromatic carbocycles. The second-order valence-corrected chi connectivity index (χ2v) is 6.48. The quantitative estimate of drug-likeness (QED) is 0.877. The number of rotatable bonds is 4. The minimum absolute atomic E-state index is 0.0737. The summed E-state index contributed by atoms with van der Waals surface area (Å²) >= 11 is 0. The van der Waals surface area contributed by atoms with Crippen LogP contribution < -0.4 is 5.32 Å². The number of hydrogen-bond donors (Lipinski definition) is 2. The van der Waals surface area contributed by atoms with Crippen LogP contribution in [0.2, 0.25) is 0 Å². The molecule has 1 unspecified atom stereocenters. The average molecular weight is 346 g/mol. The molecule has 0 aliphatic carbocycles. The lowest BCUT2D eigenvalue weighted by Crippen LogP contribution is -2.55. The maximum absolute atomic E-state index is 12.5. The lowest BCUT2D eigenvalue weighted by molar-refractivity contribution is -0.151. The summed E-state index contributed by atoms with van der Waals surface area (Å²) in [6.45, 7) is 4.61. The Morgan fingerprint density at radius 2 is 2.00 bits per heavy atom. The van der Waals surface area contributed by atoms with Gasteiger partial charge in [0.15, 0.2) is 0 Å². The molecule has 1 aromatic rings. The summed E-state index contributed by atoms with van der Waals surface area (Å²) in [6, 6.07) is 4.30. The monoisotopic (exact) mass is 346 g/mol. The maximum atomic E-state index is 12.5. The van der Waals surface area contributed by atoms with Crippen molar-refractivity contribution in [2.24, 2.45) is 0 Å². The van der Waals surface area contributed by atoms with Gasteiger partial charge in [-0.05, 0) is 38.1 Å². The number of anilines is 1. The Morgan fingerprint density at radius 3 is 2.54 bits per heavy atom. The van der Waals surface area contributed by atoms with E-state index in [9.17, 15) is 23.1 Å². The maximum Gasteiger partial charge on any atom is 0.416 e. The second kappa shape index (κ2) is 7.08. The van der Waals surface area contributed by atoms with E-state index in [2.05, 4.69) is 5.32 Å². The van der Waals surface area contributed by atoms with E-state index in [1.165, 1.54) is 12.1 Å². The molecule has 1 saturated heterocycles. The molecule has 1 aliphatic heterocycles. The Kier molecular flexibility index (Phi) is 5.52. The number of amides is 1. The van der Waals surface area contributed by atoms with Crippen molar-refractivity contribution in [1.82, 2.24) is 4.90 Å². The number of carbonyl (C=O) groups excluding carboxylic acids is 1. The van der Waals surface area contributed by atoms with Crippen molar-refractivity contribution in [2.45, 2.75) is 31.7 Å². The molecule has 1 aliphatic rings. The molecular formula is C16H21F3N2O3. The molecular weight excluding hydrogens is 325 g/mol. The van der Waals surface area contributed by atoms with Gasteiger partial charge in [0.2, 0.25) is 5.91 Å². The fourth-order valence-corrected chi connectivity index (χ4v) is 2.78. The van der Waals surface area contributed by atoms with Gasteiger partial charge in [-0.25, -0.2) is 0 Å². The van der Waals surface area contributed by atoms with Crippen molar-refractivity contribution in [3.8, 4) is 0 Å². The van der Waals surface area contributed by atoms with Gasteiger partial charge < -0.3 is 15.2 Å². The van der Waals surface area contributed by atoms with Crippen LogP contribution >= 0.6 is 0 Å².